The molecule has 1 aromatic heterocycles. The summed E-state index contributed by atoms with van der Waals surface area (Å²) in [5, 5.41) is 4.08. The van der Waals surface area contributed by atoms with E-state index in [0.717, 1.165) is 37.8 Å². The van der Waals surface area contributed by atoms with Crippen molar-refractivity contribution in [2.45, 2.75) is 38.0 Å². The van der Waals surface area contributed by atoms with Crippen LogP contribution in [0.4, 0.5) is 13.2 Å². The zero-order chi connectivity index (χ0) is 14.9. The van der Waals surface area contributed by atoms with Crippen molar-refractivity contribution in [1.82, 2.24) is 9.78 Å². The van der Waals surface area contributed by atoms with E-state index in [1.165, 1.54) is 10.7 Å². The van der Waals surface area contributed by atoms with Crippen molar-refractivity contribution in [1.29, 1.82) is 0 Å². The molecule has 3 nitrogen and oxygen atoms in total. The lowest BCUT2D eigenvalue weighted by Gasteiger charge is -2.10. The lowest BCUT2D eigenvalue weighted by molar-refractivity contribution is -0.137. The van der Waals surface area contributed by atoms with E-state index >= 15 is 0 Å². The minimum atomic E-state index is -4.35. The zero-order valence-electron chi connectivity index (χ0n) is 11.3. The van der Waals surface area contributed by atoms with Gasteiger partial charge in [-0.1, -0.05) is 6.07 Å². The molecule has 0 spiro atoms. The third kappa shape index (κ3) is 3.20. The first-order chi connectivity index (χ1) is 10.0. The fraction of sp³-hybridized carbons (Fsp3) is 0.400. The first-order valence-corrected chi connectivity index (χ1v) is 6.91. The molecule has 0 N–H and O–H groups in total. The van der Waals surface area contributed by atoms with Gasteiger partial charge in [-0.3, -0.25) is 0 Å². The van der Waals surface area contributed by atoms with Crippen molar-refractivity contribution in [3.05, 3.63) is 42.2 Å². The largest absolute Gasteiger partial charge is 0.487 e. The Labute approximate surface area is 120 Å². The van der Waals surface area contributed by atoms with Crippen LogP contribution in [0.5, 0.6) is 5.75 Å². The second-order valence-corrected chi connectivity index (χ2v) is 5.19. The topological polar surface area (TPSA) is 27.1 Å². The predicted molar refractivity (Wildman–Crippen MR) is 71.5 cm³/mol. The lowest BCUT2D eigenvalue weighted by atomic mass is 10.2. The number of benzene rings is 1. The molecule has 1 aliphatic carbocycles. The van der Waals surface area contributed by atoms with Gasteiger partial charge in [0.2, 0.25) is 0 Å². The number of aromatic nitrogens is 2. The minimum Gasteiger partial charge on any atom is -0.487 e. The van der Waals surface area contributed by atoms with Crippen molar-refractivity contribution in [2.24, 2.45) is 0 Å². The molecule has 0 bridgehead atoms. The van der Waals surface area contributed by atoms with E-state index < -0.39 is 11.7 Å². The summed E-state index contributed by atoms with van der Waals surface area (Å²) in [6.07, 6.45) is 3.37. The molecule has 0 atom stereocenters. The van der Waals surface area contributed by atoms with Crippen molar-refractivity contribution >= 4 is 0 Å². The maximum absolute atomic E-state index is 12.7. The Hall–Kier alpha value is -1.98. The maximum Gasteiger partial charge on any atom is 0.416 e. The normalized spacial score (nSPS) is 16.3. The van der Waals surface area contributed by atoms with Crippen molar-refractivity contribution in [3.63, 3.8) is 0 Å². The van der Waals surface area contributed by atoms with Crippen LogP contribution in [0.3, 0.4) is 0 Å². The smallest absolute Gasteiger partial charge is 0.416 e. The van der Waals surface area contributed by atoms with E-state index in [9.17, 15) is 13.2 Å². The van der Waals surface area contributed by atoms with Crippen LogP contribution in [-0.2, 0) is 6.18 Å². The van der Waals surface area contributed by atoms with Gasteiger partial charge in [0.25, 0.3) is 0 Å². The van der Waals surface area contributed by atoms with Gasteiger partial charge in [-0.05, 0) is 43.9 Å². The number of hydrogen-bond donors (Lipinski definition) is 0. The third-order valence-corrected chi connectivity index (χ3v) is 3.60. The predicted octanol–water partition coefficient (Wildman–Crippen LogP) is 4.21. The second-order valence-electron chi connectivity index (χ2n) is 5.19. The number of nitrogens with zero attached hydrogens (tertiary/aromatic N) is 2. The van der Waals surface area contributed by atoms with E-state index in [0.29, 0.717) is 11.4 Å². The van der Waals surface area contributed by atoms with Gasteiger partial charge in [0.1, 0.15) is 0 Å². The number of halogens is 3. The van der Waals surface area contributed by atoms with Crippen molar-refractivity contribution in [2.75, 3.05) is 0 Å². The molecule has 1 saturated carbocycles. The Morgan fingerprint density at radius 3 is 2.67 bits per heavy atom. The Bertz CT molecular complexity index is 615. The van der Waals surface area contributed by atoms with Crippen LogP contribution in [0.25, 0.3) is 5.69 Å². The number of hydrogen-bond acceptors (Lipinski definition) is 2. The second kappa shape index (κ2) is 5.42. The highest BCUT2D eigenvalue weighted by atomic mass is 19.4. The van der Waals surface area contributed by atoms with E-state index in [1.807, 2.05) is 0 Å². The van der Waals surface area contributed by atoms with Gasteiger partial charge in [0.05, 0.1) is 29.7 Å². The molecule has 1 aliphatic rings. The van der Waals surface area contributed by atoms with E-state index in [4.69, 9.17) is 4.74 Å². The lowest BCUT2D eigenvalue weighted by Crippen LogP contribution is -2.10. The summed E-state index contributed by atoms with van der Waals surface area (Å²) in [5.74, 6) is 0.597. The van der Waals surface area contributed by atoms with Crippen LogP contribution in [0.15, 0.2) is 36.7 Å². The monoisotopic (exact) mass is 296 g/mol. The van der Waals surface area contributed by atoms with Crippen LogP contribution in [-0.4, -0.2) is 15.9 Å². The summed E-state index contributed by atoms with van der Waals surface area (Å²) in [7, 11) is 0. The highest BCUT2D eigenvalue weighted by molar-refractivity contribution is 5.37. The van der Waals surface area contributed by atoms with Gasteiger partial charge in [-0.15, -0.1) is 0 Å². The number of ether oxygens (including phenoxy) is 1. The summed E-state index contributed by atoms with van der Waals surface area (Å²) in [6.45, 7) is 0. The molecular weight excluding hydrogens is 281 g/mol. The molecule has 21 heavy (non-hydrogen) atoms. The van der Waals surface area contributed by atoms with Gasteiger partial charge in [-0.2, -0.15) is 18.3 Å². The van der Waals surface area contributed by atoms with Gasteiger partial charge in [-0.25, -0.2) is 4.68 Å². The molecule has 0 radical (unpaired) electrons. The van der Waals surface area contributed by atoms with Gasteiger partial charge >= 0.3 is 6.18 Å². The van der Waals surface area contributed by atoms with Crippen molar-refractivity contribution in [3.8, 4) is 11.4 Å². The van der Waals surface area contributed by atoms with E-state index in [-0.39, 0.29) is 6.10 Å². The Morgan fingerprint density at radius 2 is 1.95 bits per heavy atom. The first kappa shape index (κ1) is 14.0. The number of alkyl halides is 3. The maximum atomic E-state index is 12.7. The fourth-order valence-corrected chi connectivity index (χ4v) is 2.53. The van der Waals surface area contributed by atoms with Gasteiger partial charge in [0, 0.05) is 0 Å². The average Bonchev–Trinajstić information content (AvgIpc) is 3.10. The summed E-state index contributed by atoms with van der Waals surface area (Å²) in [4.78, 5) is 0. The standard InChI is InChI=1S/C15H15F3N2O/c16-15(17,18)11-4-3-5-12(8-11)20-10-14(9-19-20)21-13-6-1-2-7-13/h3-5,8-10,13H,1-2,6-7H2. The Kier molecular flexibility index (Phi) is 3.61. The summed E-state index contributed by atoms with van der Waals surface area (Å²) in [5.41, 5.74) is -0.320. The molecule has 3 rings (SSSR count). The van der Waals surface area contributed by atoms with Crippen LogP contribution >= 0.6 is 0 Å². The van der Waals surface area contributed by atoms with Crippen LogP contribution in [0, 0.1) is 0 Å². The third-order valence-electron chi connectivity index (χ3n) is 3.60. The molecule has 6 heteroatoms. The molecule has 0 saturated heterocycles. The summed E-state index contributed by atoms with van der Waals surface area (Å²) in [6, 6.07) is 5.08. The molecule has 1 aromatic carbocycles. The highest BCUT2D eigenvalue weighted by Crippen LogP contribution is 2.30. The zero-order valence-corrected chi connectivity index (χ0v) is 11.3. The molecule has 0 amide bonds. The van der Waals surface area contributed by atoms with Crippen molar-refractivity contribution < 1.29 is 17.9 Å². The van der Waals surface area contributed by atoms with E-state index in [2.05, 4.69) is 5.10 Å². The van der Waals surface area contributed by atoms with Crippen LogP contribution in [0.1, 0.15) is 31.2 Å². The molecule has 1 heterocycles. The minimum absolute atomic E-state index is 0.198. The molecule has 1 fully saturated rings. The fourth-order valence-electron chi connectivity index (χ4n) is 2.53. The molecule has 0 aliphatic heterocycles. The highest BCUT2D eigenvalue weighted by Gasteiger charge is 2.30. The van der Waals surface area contributed by atoms with Gasteiger partial charge in [0.15, 0.2) is 5.75 Å². The molecular formula is C15H15F3N2O. The summed E-state index contributed by atoms with van der Waals surface area (Å²) >= 11 is 0. The van der Waals surface area contributed by atoms with Crippen LogP contribution < -0.4 is 4.74 Å². The Balaban J connectivity index is 1.79. The molecule has 112 valence electrons. The SMILES string of the molecule is FC(F)(F)c1cccc(-n2cc(OC3CCCC3)cn2)c1. The van der Waals surface area contributed by atoms with E-state index in [1.54, 1.807) is 18.5 Å². The van der Waals surface area contributed by atoms with Crippen LogP contribution in [0.2, 0.25) is 0 Å². The molecule has 0 unspecified atom stereocenters. The number of rotatable bonds is 3. The first-order valence-electron chi connectivity index (χ1n) is 6.91. The average molecular weight is 296 g/mol. The molecule has 2 aromatic rings. The van der Waals surface area contributed by atoms with Gasteiger partial charge < -0.3 is 4.74 Å². The quantitative estimate of drug-likeness (QED) is 0.848. The summed E-state index contributed by atoms with van der Waals surface area (Å²) < 4.78 is 45.3. The Morgan fingerprint density at radius 1 is 1.19 bits per heavy atom.